The van der Waals surface area contributed by atoms with Gasteiger partial charge < -0.3 is 25.6 Å². The summed E-state index contributed by atoms with van der Waals surface area (Å²) in [7, 11) is -7.97. The average molecular weight is 755 g/mol. The molecule has 5 aromatic carbocycles. The van der Waals surface area contributed by atoms with Gasteiger partial charge in [-0.15, -0.1) is 0 Å². The summed E-state index contributed by atoms with van der Waals surface area (Å²) in [5.41, 5.74) is 2.54. The number of carbonyl (C=O) groups is 1. The molecule has 2 heterocycles. The number of hydrogen-bond acceptors (Lipinski definition) is 9. The fourth-order valence-corrected chi connectivity index (χ4v) is 9.48. The van der Waals surface area contributed by atoms with Gasteiger partial charge in [0.25, 0.3) is 5.91 Å². The molecule has 12 nitrogen and oxygen atoms in total. The Morgan fingerprint density at radius 2 is 1.32 bits per heavy atom. The van der Waals surface area contributed by atoms with Crippen molar-refractivity contribution in [3.05, 3.63) is 132 Å². The van der Waals surface area contributed by atoms with Crippen LogP contribution in [0.25, 0.3) is 0 Å². The molecule has 1 amide bonds. The number of anilines is 2. The van der Waals surface area contributed by atoms with Gasteiger partial charge in [0, 0.05) is 55.7 Å². The van der Waals surface area contributed by atoms with E-state index in [0.29, 0.717) is 38.1 Å². The van der Waals surface area contributed by atoms with Gasteiger partial charge in [0.15, 0.2) is 11.5 Å². The van der Waals surface area contributed by atoms with Crippen LogP contribution < -0.4 is 15.4 Å². The smallest absolute Gasteiger partial charge is 0.259 e. The minimum atomic E-state index is -4.14. The minimum absolute atomic E-state index is 0.0457. The Morgan fingerprint density at radius 3 is 2.06 bits per heavy atom. The Kier molecular flexibility index (Phi) is 10.1. The molecule has 0 spiro atoms. The van der Waals surface area contributed by atoms with Gasteiger partial charge in [-0.05, 0) is 85.0 Å². The monoisotopic (exact) mass is 754 g/mol. The molecule has 14 heteroatoms. The predicted molar refractivity (Wildman–Crippen MR) is 200 cm³/mol. The number of phenols is 2. The SMILES string of the molecule is O=C(Nc1ccc(S(=O)(=O)N2CCC(Nc3cccc(Oc4ccccc4)c3)CC2)cc1)c1cc(S(=O)(=O)N2CCc3ccccc3C2)cc(O)c1O. The van der Waals surface area contributed by atoms with E-state index >= 15 is 0 Å². The van der Waals surface area contributed by atoms with E-state index in [1.165, 1.54) is 32.9 Å². The van der Waals surface area contributed by atoms with Crippen LogP contribution in [0.1, 0.15) is 34.3 Å². The predicted octanol–water partition coefficient (Wildman–Crippen LogP) is 6.15. The van der Waals surface area contributed by atoms with Crippen molar-refractivity contribution in [3.8, 4) is 23.0 Å². The number of benzene rings is 5. The normalized spacial score (nSPS) is 15.7. The Bertz CT molecular complexity index is 2350. The van der Waals surface area contributed by atoms with Crippen LogP contribution >= 0.6 is 0 Å². The number of fused-ring (bicyclic) bond motifs is 1. The molecule has 0 bridgehead atoms. The molecule has 1 saturated heterocycles. The number of para-hydroxylation sites is 1. The number of nitrogens with zero attached hydrogens (tertiary/aromatic N) is 2. The van der Waals surface area contributed by atoms with Gasteiger partial charge in [0.2, 0.25) is 20.0 Å². The minimum Gasteiger partial charge on any atom is -0.504 e. The third kappa shape index (κ3) is 7.86. The van der Waals surface area contributed by atoms with Crippen molar-refractivity contribution in [1.29, 1.82) is 0 Å². The Labute approximate surface area is 308 Å². The molecular weight excluding hydrogens is 717 g/mol. The largest absolute Gasteiger partial charge is 0.504 e. The molecule has 0 atom stereocenters. The van der Waals surface area contributed by atoms with E-state index in [2.05, 4.69) is 10.6 Å². The Morgan fingerprint density at radius 1 is 0.660 bits per heavy atom. The number of phenolic OH excluding ortho intramolecular Hbond substituents is 2. The number of ether oxygens (including phenoxy) is 1. The first kappa shape index (κ1) is 36.0. The van der Waals surface area contributed by atoms with Crippen LogP contribution in [-0.4, -0.2) is 67.2 Å². The van der Waals surface area contributed by atoms with Crippen LogP contribution in [0.3, 0.4) is 0 Å². The van der Waals surface area contributed by atoms with Crippen LogP contribution in [-0.2, 0) is 33.0 Å². The van der Waals surface area contributed by atoms with E-state index < -0.39 is 43.0 Å². The highest BCUT2D eigenvalue weighted by Gasteiger charge is 2.32. The van der Waals surface area contributed by atoms with E-state index in [4.69, 9.17) is 4.74 Å². The average Bonchev–Trinajstić information content (AvgIpc) is 3.16. The van der Waals surface area contributed by atoms with Gasteiger partial charge in [-0.2, -0.15) is 8.61 Å². The lowest BCUT2D eigenvalue weighted by atomic mass is 10.0. The van der Waals surface area contributed by atoms with Gasteiger partial charge in [-0.3, -0.25) is 4.79 Å². The van der Waals surface area contributed by atoms with Crippen molar-refractivity contribution in [3.63, 3.8) is 0 Å². The highest BCUT2D eigenvalue weighted by atomic mass is 32.2. The maximum absolute atomic E-state index is 13.6. The number of aromatic hydroxyl groups is 2. The molecule has 4 N–H and O–H groups in total. The number of carbonyl (C=O) groups excluding carboxylic acids is 1. The molecule has 7 rings (SSSR count). The van der Waals surface area contributed by atoms with Crippen LogP contribution in [0.4, 0.5) is 11.4 Å². The highest BCUT2D eigenvalue weighted by molar-refractivity contribution is 7.89. The van der Waals surface area contributed by atoms with Crippen molar-refractivity contribution in [2.45, 2.75) is 41.6 Å². The first-order valence-corrected chi connectivity index (χ1v) is 20.0. The van der Waals surface area contributed by atoms with Crippen LogP contribution in [0, 0.1) is 0 Å². The molecule has 2 aliphatic rings. The molecule has 0 aromatic heterocycles. The summed E-state index contributed by atoms with van der Waals surface area (Å²) in [6.07, 6.45) is 1.69. The second-order valence-electron chi connectivity index (χ2n) is 12.9. The zero-order chi connectivity index (χ0) is 37.2. The zero-order valence-electron chi connectivity index (χ0n) is 28.6. The van der Waals surface area contributed by atoms with Gasteiger partial charge in [0.05, 0.1) is 15.4 Å². The molecular formula is C39H38N4O8S2. The van der Waals surface area contributed by atoms with Crippen molar-refractivity contribution < 1.29 is 36.6 Å². The third-order valence-corrected chi connectivity index (χ3v) is 13.2. The highest BCUT2D eigenvalue weighted by Crippen LogP contribution is 2.35. The molecule has 0 aliphatic carbocycles. The van der Waals surface area contributed by atoms with Crippen molar-refractivity contribution in [2.75, 3.05) is 30.3 Å². The third-order valence-electron chi connectivity index (χ3n) is 9.43. The number of piperidine rings is 1. The summed E-state index contributed by atoms with van der Waals surface area (Å²) in [5.74, 6) is -1.01. The van der Waals surface area contributed by atoms with E-state index in [1.807, 2.05) is 78.9 Å². The number of hydrogen-bond donors (Lipinski definition) is 4. The molecule has 0 radical (unpaired) electrons. The van der Waals surface area contributed by atoms with E-state index in [1.54, 1.807) is 0 Å². The van der Waals surface area contributed by atoms with Crippen molar-refractivity contribution in [2.24, 2.45) is 0 Å². The summed E-state index contributed by atoms with van der Waals surface area (Å²) in [6, 6.07) is 32.2. The number of sulfonamides is 2. The number of nitrogens with one attached hydrogen (secondary N) is 2. The molecule has 0 saturated carbocycles. The molecule has 2 aliphatic heterocycles. The quantitative estimate of drug-likeness (QED) is 0.122. The lowest BCUT2D eigenvalue weighted by Gasteiger charge is -2.32. The lowest BCUT2D eigenvalue weighted by molar-refractivity contribution is 0.102. The molecule has 53 heavy (non-hydrogen) atoms. The fourth-order valence-electron chi connectivity index (χ4n) is 6.55. The molecule has 1 fully saturated rings. The topological polar surface area (TPSA) is 166 Å². The first-order chi connectivity index (χ1) is 25.5. The summed E-state index contributed by atoms with van der Waals surface area (Å²) in [5, 5.41) is 27.0. The molecule has 274 valence electrons. The standard InChI is InChI=1S/C39H38N4O8S2/c44-37-25-35(53(49,50)43-20-17-27-7-4-5-8-28(27)26-43)24-36(38(37)45)39(46)41-29-13-15-34(16-14-29)52(47,48)42-21-18-30(19-22-42)40-31-9-6-12-33(23-31)51-32-10-2-1-3-11-32/h1-16,23-25,30,40,44-45H,17-22,26H2,(H,41,46). The van der Waals surface area contributed by atoms with Crippen LogP contribution in [0.2, 0.25) is 0 Å². The van der Waals surface area contributed by atoms with E-state index in [0.717, 1.165) is 34.7 Å². The molecule has 0 unspecified atom stereocenters. The van der Waals surface area contributed by atoms with Gasteiger partial charge in [0.1, 0.15) is 11.5 Å². The first-order valence-electron chi connectivity index (χ1n) is 17.1. The van der Waals surface area contributed by atoms with Crippen LogP contribution in [0.15, 0.2) is 125 Å². The van der Waals surface area contributed by atoms with E-state index in [9.17, 15) is 31.8 Å². The fraction of sp³-hybridized carbons (Fsp3) is 0.205. The second kappa shape index (κ2) is 14.9. The zero-order valence-corrected chi connectivity index (χ0v) is 30.2. The van der Waals surface area contributed by atoms with Crippen LogP contribution in [0.5, 0.6) is 23.0 Å². The maximum atomic E-state index is 13.6. The Balaban J connectivity index is 0.972. The van der Waals surface area contributed by atoms with Crippen molar-refractivity contribution >= 4 is 37.3 Å². The van der Waals surface area contributed by atoms with Gasteiger partial charge in [-0.25, -0.2) is 16.8 Å². The van der Waals surface area contributed by atoms with E-state index in [-0.39, 0.29) is 34.6 Å². The lowest BCUT2D eigenvalue weighted by Crippen LogP contribution is -2.42. The van der Waals surface area contributed by atoms with Crippen molar-refractivity contribution in [1.82, 2.24) is 8.61 Å². The van der Waals surface area contributed by atoms with Gasteiger partial charge >= 0.3 is 0 Å². The Hall–Kier alpha value is -5.41. The summed E-state index contributed by atoms with van der Waals surface area (Å²) in [6.45, 7) is 0.966. The van der Waals surface area contributed by atoms with Gasteiger partial charge in [-0.1, -0.05) is 48.5 Å². The number of rotatable bonds is 10. The maximum Gasteiger partial charge on any atom is 0.259 e. The molecule has 5 aromatic rings. The second-order valence-corrected chi connectivity index (χ2v) is 16.8. The summed E-state index contributed by atoms with van der Waals surface area (Å²) < 4.78 is 62.8. The number of amides is 1. The summed E-state index contributed by atoms with van der Waals surface area (Å²) >= 11 is 0. The summed E-state index contributed by atoms with van der Waals surface area (Å²) in [4.78, 5) is 13.0.